The Kier molecular flexibility index (Phi) is 5.34. The second kappa shape index (κ2) is 7.33. The summed E-state index contributed by atoms with van der Waals surface area (Å²) in [5.41, 5.74) is 0.947. The molecule has 0 radical (unpaired) electrons. The zero-order valence-corrected chi connectivity index (χ0v) is 16.5. The van der Waals surface area contributed by atoms with Crippen molar-refractivity contribution in [3.8, 4) is 0 Å². The van der Waals surface area contributed by atoms with Gasteiger partial charge < -0.3 is 4.90 Å². The minimum atomic E-state index is -0.263. The average molecular weight is 378 g/mol. The number of carbonyl (C=O) groups is 1. The zero-order chi connectivity index (χ0) is 18.1. The van der Waals surface area contributed by atoms with Crippen molar-refractivity contribution in [2.45, 2.75) is 50.6 Å². The highest BCUT2D eigenvalue weighted by Gasteiger charge is 2.26. The van der Waals surface area contributed by atoms with Gasteiger partial charge in [-0.1, -0.05) is 17.8 Å². The molecule has 1 saturated heterocycles. The lowest BCUT2D eigenvalue weighted by Crippen LogP contribution is -2.34. The van der Waals surface area contributed by atoms with Crippen molar-refractivity contribution < 1.29 is 4.79 Å². The van der Waals surface area contributed by atoms with Gasteiger partial charge in [0.05, 0.1) is 10.6 Å². The number of aryl methyl sites for hydroxylation is 2. The molecule has 134 valence electrons. The molecule has 1 unspecified atom stereocenters. The van der Waals surface area contributed by atoms with Crippen LogP contribution < -0.4 is 5.56 Å². The number of thiophene rings is 1. The van der Waals surface area contributed by atoms with Gasteiger partial charge in [0.15, 0.2) is 5.16 Å². The topological polar surface area (TPSA) is 55.2 Å². The Bertz CT molecular complexity index is 879. The van der Waals surface area contributed by atoms with Gasteiger partial charge in [0.1, 0.15) is 4.83 Å². The summed E-state index contributed by atoms with van der Waals surface area (Å²) < 4.78 is 1.63. The van der Waals surface area contributed by atoms with Gasteiger partial charge in [0.25, 0.3) is 5.56 Å². The van der Waals surface area contributed by atoms with Crippen LogP contribution in [0, 0.1) is 13.8 Å². The molecule has 1 amide bonds. The zero-order valence-electron chi connectivity index (χ0n) is 14.9. The molecule has 0 aliphatic carbocycles. The fourth-order valence-corrected chi connectivity index (χ4v) is 5.16. The Balaban J connectivity index is 1.99. The van der Waals surface area contributed by atoms with Gasteiger partial charge >= 0.3 is 0 Å². The number of fused-ring (bicyclic) bond motifs is 1. The molecule has 3 heterocycles. The number of amides is 1. The van der Waals surface area contributed by atoms with E-state index in [2.05, 4.69) is 6.58 Å². The number of thioether (sulfide) groups is 1. The van der Waals surface area contributed by atoms with E-state index in [0.717, 1.165) is 41.2 Å². The van der Waals surface area contributed by atoms with Gasteiger partial charge in [-0.05, 0) is 39.2 Å². The van der Waals surface area contributed by atoms with E-state index >= 15 is 0 Å². The second-order valence-corrected chi connectivity index (χ2v) is 8.87. The van der Waals surface area contributed by atoms with Crippen molar-refractivity contribution in [1.82, 2.24) is 14.5 Å². The normalized spacial score (nSPS) is 15.7. The Morgan fingerprint density at radius 3 is 2.72 bits per heavy atom. The fraction of sp³-hybridized carbons (Fsp3) is 0.500. The van der Waals surface area contributed by atoms with E-state index in [1.54, 1.807) is 10.6 Å². The van der Waals surface area contributed by atoms with Crippen LogP contribution in [0.15, 0.2) is 22.6 Å². The molecule has 0 bridgehead atoms. The molecule has 1 aliphatic heterocycles. The predicted octanol–water partition coefficient (Wildman–Crippen LogP) is 3.36. The smallest absolute Gasteiger partial charge is 0.263 e. The van der Waals surface area contributed by atoms with Crippen LogP contribution in [0.3, 0.4) is 0 Å². The van der Waals surface area contributed by atoms with Crippen LogP contribution in [0.5, 0.6) is 0 Å². The molecule has 1 fully saturated rings. The maximum Gasteiger partial charge on any atom is 0.263 e. The van der Waals surface area contributed by atoms with Gasteiger partial charge in [-0.3, -0.25) is 14.2 Å². The Labute approximate surface area is 155 Å². The van der Waals surface area contributed by atoms with E-state index in [-0.39, 0.29) is 16.7 Å². The van der Waals surface area contributed by atoms with Crippen LogP contribution in [-0.2, 0) is 11.3 Å². The molecular formula is C18H23N3O2S2. The van der Waals surface area contributed by atoms with Crippen LogP contribution in [0.4, 0.5) is 0 Å². The van der Waals surface area contributed by atoms with Crippen molar-refractivity contribution in [1.29, 1.82) is 0 Å². The molecule has 5 nitrogen and oxygen atoms in total. The van der Waals surface area contributed by atoms with Crippen molar-refractivity contribution in [3.63, 3.8) is 0 Å². The van der Waals surface area contributed by atoms with Gasteiger partial charge in [0.2, 0.25) is 5.91 Å². The molecule has 0 aromatic carbocycles. The van der Waals surface area contributed by atoms with E-state index < -0.39 is 0 Å². The minimum absolute atomic E-state index is 0.0462. The summed E-state index contributed by atoms with van der Waals surface area (Å²) >= 11 is 2.90. The number of hydrogen-bond donors (Lipinski definition) is 0. The summed E-state index contributed by atoms with van der Waals surface area (Å²) in [4.78, 5) is 34.0. The molecule has 1 aliphatic rings. The largest absolute Gasteiger partial charge is 0.342 e. The van der Waals surface area contributed by atoms with Gasteiger partial charge in [-0.25, -0.2) is 4.98 Å². The van der Waals surface area contributed by atoms with Crippen LogP contribution in [0.2, 0.25) is 0 Å². The summed E-state index contributed by atoms with van der Waals surface area (Å²) in [6.07, 6.45) is 3.84. The van der Waals surface area contributed by atoms with Crippen molar-refractivity contribution in [2.24, 2.45) is 0 Å². The Morgan fingerprint density at radius 1 is 1.40 bits per heavy atom. The van der Waals surface area contributed by atoms with Crippen LogP contribution in [-0.4, -0.2) is 38.7 Å². The summed E-state index contributed by atoms with van der Waals surface area (Å²) in [5, 5.41) is 1.02. The third-order valence-corrected chi connectivity index (χ3v) is 6.79. The third kappa shape index (κ3) is 3.40. The number of rotatable bonds is 5. The first kappa shape index (κ1) is 18.2. The number of carbonyl (C=O) groups excluding carboxylic acids is 1. The van der Waals surface area contributed by atoms with E-state index in [1.165, 1.54) is 23.1 Å². The lowest BCUT2D eigenvalue weighted by atomic mass is 10.2. The van der Waals surface area contributed by atoms with E-state index in [9.17, 15) is 9.59 Å². The second-order valence-electron chi connectivity index (χ2n) is 6.35. The molecular weight excluding hydrogens is 354 g/mol. The maximum atomic E-state index is 13.0. The highest BCUT2D eigenvalue weighted by Crippen LogP contribution is 2.30. The average Bonchev–Trinajstić information content (AvgIpc) is 3.20. The van der Waals surface area contributed by atoms with Gasteiger partial charge in [-0.15, -0.1) is 17.9 Å². The molecule has 0 saturated carbocycles. The van der Waals surface area contributed by atoms with E-state index in [0.29, 0.717) is 17.1 Å². The molecule has 1 atom stereocenters. The lowest BCUT2D eigenvalue weighted by molar-refractivity contribution is -0.129. The highest BCUT2D eigenvalue weighted by molar-refractivity contribution is 8.00. The first-order chi connectivity index (χ1) is 11.9. The van der Waals surface area contributed by atoms with Crippen LogP contribution in [0.25, 0.3) is 10.2 Å². The number of nitrogens with zero attached hydrogens (tertiary/aromatic N) is 3. The fourth-order valence-electron chi connectivity index (χ4n) is 3.09. The SMILES string of the molecule is C=CCn1c(SC(C)C(=O)N2CCCC2)nc2sc(C)c(C)c2c1=O. The molecule has 2 aromatic heterocycles. The molecule has 2 aromatic rings. The molecule has 0 spiro atoms. The van der Waals surface area contributed by atoms with Crippen molar-refractivity contribution in [3.05, 3.63) is 33.4 Å². The van der Waals surface area contributed by atoms with Crippen molar-refractivity contribution in [2.75, 3.05) is 13.1 Å². The summed E-state index contributed by atoms with van der Waals surface area (Å²) in [6.45, 7) is 11.7. The minimum Gasteiger partial charge on any atom is -0.342 e. The Hall–Kier alpha value is -1.60. The molecule has 7 heteroatoms. The number of aromatic nitrogens is 2. The third-order valence-electron chi connectivity index (χ3n) is 4.61. The van der Waals surface area contributed by atoms with E-state index in [1.807, 2.05) is 25.7 Å². The summed E-state index contributed by atoms with van der Waals surface area (Å²) in [5.74, 6) is 0.125. The summed E-state index contributed by atoms with van der Waals surface area (Å²) in [7, 11) is 0. The molecule has 25 heavy (non-hydrogen) atoms. The maximum absolute atomic E-state index is 13.0. The Morgan fingerprint density at radius 2 is 2.08 bits per heavy atom. The standard InChI is InChI=1S/C18H23N3O2S2/c1-5-8-21-17(23)14-11(2)12(3)24-15(14)19-18(21)25-13(4)16(22)20-9-6-7-10-20/h5,13H,1,6-10H2,2-4H3. The van der Waals surface area contributed by atoms with Crippen LogP contribution >= 0.6 is 23.1 Å². The van der Waals surface area contributed by atoms with Gasteiger partial charge in [-0.2, -0.15) is 0 Å². The monoisotopic (exact) mass is 377 g/mol. The first-order valence-corrected chi connectivity index (χ1v) is 10.2. The summed E-state index contributed by atoms with van der Waals surface area (Å²) in [6, 6.07) is 0. The molecule has 0 N–H and O–H groups in total. The predicted molar refractivity (Wildman–Crippen MR) is 105 cm³/mol. The van der Waals surface area contributed by atoms with E-state index in [4.69, 9.17) is 4.98 Å². The van der Waals surface area contributed by atoms with Gasteiger partial charge in [0, 0.05) is 24.5 Å². The lowest BCUT2D eigenvalue weighted by Gasteiger charge is -2.20. The number of hydrogen-bond acceptors (Lipinski definition) is 5. The number of allylic oxidation sites excluding steroid dienone is 1. The first-order valence-electron chi connectivity index (χ1n) is 8.51. The highest BCUT2D eigenvalue weighted by atomic mass is 32.2. The van der Waals surface area contributed by atoms with Crippen molar-refractivity contribution >= 4 is 39.2 Å². The van der Waals surface area contributed by atoms with Crippen LogP contribution in [0.1, 0.15) is 30.2 Å². The molecule has 3 rings (SSSR count). The quantitative estimate of drug-likeness (QED) is 0.455. The number of likely N-dealkylation sites (tertiary alicyclic amines) is 1.